The molecule has 0 amide bonds. The lowest BCUT2D eigenvalue weighted by Gasteiger charge is -2.53. The SMILES string of the molecule is CC12CCC3c4ccc(OCc5ccccc5)cc4CCC3C1C(CCCn1cc(-c3cccc(O)c3)nn1)CC21OCCO1. The molecule has 8 rings (SSSR count). The second kappa shape index (κ2) is 11.6. The Kier molecular flexibility index (Phi) is 7.41. The van der Waals surface area contributed by atoms with Gasteiger partial charge >= 0.3 is 0 Å². The van der Waals surface area contributed by atoms with Crippen molar-refractivity contribution in [2.75, 3.05) is 13.2 Å². The molecule has 1 aliphatic heterocycles. The summed E-state index contributed by atoms with van der Waals surface area (Å²) >= 11 is 0. The summed E-state index contributed by atoms with van der Waals surface area (Å²) in [6, 6.07) is 24.5. The van der Waals surface area contributed by atoms with Crippen molar-refractivity contribution in [1.29, 1.82) is 0 Å². The maximum absolute atomic E-state index is 9.88. The minimum absolute atomic E-state index is 0.0291. The van der Waals surface area contributed by atoms with E-state index in [1.807, 2.05) is 29.1 Å². The number of rotatable bonds is 8. The highest BCUT2D eigenvalue weighted by atomic mass is 16.7. The van der Waals surface area contributed by atoms with Crippen LogP contribution in [0.4, 0.5) is 0 Å². The van der Waals surface area contributed by atoms with Gasteiger partial charge in [0.15, 0.2) is 5.79 Å². The fourth-order valence-corrected chi connectivity index (χ4v) is 9.56. The van der Waals surface area contributed by atoms with Crippen LogP contribution in [0.3, 0.4) is 0 Å². The first-order valence-electron chi connectivity index (χ1n) is 16.8. The summed E-state index contributed by atoms with van der Waals surface area (Å²) in [7, 11) is 0. The first kappa shape index (κ1) is 28.8. The quantitative estimate of drug-likeness (QED) is 0.224. The number of aromatic hydroxyl groups is 1. The summed E-state index contributed by atoms with van der Waals surface area (Å²) in [5.74, 6) is 3.09. The molecule has 5 atom stereocenters. The molecule has 2 saturated carbocycles. The van der Waals surface area contributed by atoms with Crippen molar-refractivity contribution in [2.45, 2.75) is 76.7 Å². The fraction of sp³-hybridized carbons (Fsp3) is 0.474. The largest absolute Gasteiger partial charge is 0.508 e. The van der Waals surface area contributed by atoms with Gasteiger partial charge in [-0.15, -0.1) is 5.10 Å². The van der Waals surface area contributed by atoms with E-state index in [4.69, 9.17) is 14.2 Å². The Morgan fingerprint density at radius 3 is 2.71 bits per heavy atom. The second-order valence-electron chi connectivity index (χ2n) is 13.9. The van der Waals surface area contributed by atoms with Crippen molar-refractivity contribution in [3.63, 3.8) is 0 Å². The number of hydrogen-bond donors (Lipinski definition) is 1. The molecule has 7 nitrogen and oxygen atoms in total. The van der Waals surface area contributed by atoms with E-state index < -0.39 is 5.79 Å². The zero-order valence-electron chi connectivity index (χ0n) is 26.1. The fourth-order valence-electron chi connectivity index (χ4n) is 9.56. The predicted molar refractivity (Wildman–Crippen MR) is 172 cm³/mol. The van der Waals surface area contributed by atoms with Crippen molar-refractivity contribution < 1.29 is 19.3 Å². The van der Waals surface area contributed by atoms with E-state index in [9.17, 15) is 5.11 Å². The first-order valence-corrected chi connectivity index (χ1v) is 16.8. The van der Waals surface area contributed by atoms with Crippen LogP contribution >= 0.6 is 0 Å². The third-order valence-corrected chi connectivity index (χ3v) is 11.5. The predicted octanol–water partition coefficient (Wildman–Crippen LogP) is 7.54. The van der Waals surface area contributed by atoms with Crippen molar-refractivity contribution in [3.05, 3.63) is 95.7 Å². The van der Waals surface area contributed by atoms with Crippen LogP contribution in [0.15, 0.2) is 79.0 Å². The van der Waals surface area contributed by atoms with E-state index in [-0.39, 0.29) is 11.2 Å². The lowest BCUT2D eigenvalue weighted by Crippen LogP contribution is -2.51. The molecular formula is C38H43N3O4. The lowest BCUT2D eigenvalue weighted by atomic mass is 9.53. The van der Waals surface area contributed by atoms with Gasteiger partial charge in [-0.25, -0.2) is 0 Å². The number of phenols is 1. The van der Waals surface area contributed by atoms with Crippen LogP contribution in [0.5, 0.6) is 11.5 Å². The Morgan fingerprint density at radius 1 is 1.00 bits per heavy atom. The topological polar surface area (TPSA) is 78.6 Å². The van der Waals surface area contributed by atoms with E-state index in [0.717, 1.165) is 55.7 Å². The number of fused-ring (bicyclic) bond motifs is 6. The van der Waals surface area contributed by atoms with Crippen LogP contribution in [0.2, 0.25) is 0 Å². The van der Waals surface area contributed by atoms with Crippen molar-refractivity contribution >= 4 is 0 Å². The minimum Gasteiger partial charge on any atom is -0.508 e. The molecule has 4 aliphatic rings. The number of benzene rings is 3. The van der Waals surface area contributed by atoms with Crippen molar-refractivity contribution in [2.24, 2.45) is 23.2 Å². The highest BCUT2D eigenvalue weighted by Gasteiger charge is 2.68. The molecule has 5 unspecified atom stereocenters. The maximum atomic E-state index is 9.88. The van der Waals surface area contributed by atoms with Crippen LogP contribution < -0.4 is 4.74 Å². The number of aryl methyl sites for hydroxylation is 2. The number of aromatic nitrogens is 3. The van der Waals surface area contributed by atoms with Gasteiger partial charge in [-0.05, 0) is 103 Å². The Labute approximate surface area is 265 Å². The summed E-state index contributed by atoms with van der Waals surface area (Å²) < 4.78 is 21.3. The number of hydrogen-bond acceptors (Lipinski definition) is 6. The maximum Gasteiger partial charge on any atom is 0.174 e. The zero-order chi connectivity index (χ0) is 30.4. The molecular weight excluding hydrogens is 562 g/mol. The van der Waals surface area contributed by atoms with Crippen molar-refractivity contribution in [1.82, 2.24) is 15.0 Å². The van der Waals surface area contributed by atoms with Crippen LogP contribution in [0, 0.1) is 23.2 Å². The molecule has 4 aromatic rings. The lowest BCUT2D eigenvalue weighted by molar-refractivity contribution is -0.237. The van der Waals surface area contributed by atoms with Crippen LogP contribution in [0.25, 0.3) is 11.3 Å². The summed E-state index contributed by atoms with van der Waals surface area (Å²) in [5.41, 5.74) is 5.90. The van der Waals surface area contributed by atoms with Crippen LogP contribution in [-0.2, 0) is 29.0 Å². The minimum atomic E-state index is -0.446. The molecule has 234 valence electrons. The van der Waals surface area contributed by atoms with Gasteiger partial charge in [-0.3, -0.25) is 4.68 Å². The van der Waals surface area contributed by atoms with E-state index in [1.165, 1.54) is 29.5 Å². The first-order chi connectivity index (χ1) is 22.0. The van der Waals surface area contributed by atoms with Gasteiger partial charge in [0, 0.05) is 23.9 Å². The Bertz CT molecular complexity index is 1650. The van der Waals surface area contributed by atoms with Crippen LogP contribution in [-0.4, -0.2) is 39.1 Å². The zero-order valence-corrected chi connectivity index (χ0v) is 26.1. The van der Waals surface area contributed by atoms with Crippen molar-refractivity contribution in [3.8, 4) is 22.8 Å². The van der Waals surface area contributed by atoms with Gasteiger partial charge in [-0.2, -0.15) is 0 Å². The Hall–Kier alpha value is -3.68. The third kappa shape index (κ3) is 5.14. The molecule has 45 heavy (non-hydrogen) atoms. The van der Waals surface area contributed by atoms with E-state index in [0.29, 0.717) is 43.5 Å². The molecule has 1 spiro atoms. The summed E-state index contributed by atoms with van der Waals surface area (Å²) in [6.07, 6.45) is 9.77. The van der Waals surface area contributed by atoms with Crippen LogP contribution in [0.1, 0.15) is 68.1 Å². The summed E-state index contributed by atoms with van der Waals surface area (Å²) in [5, 5.41) is 18.7. The molecule has 7 heteroatoms. The smallest absolute Gasteiger partial charge is 0.174 e. The van der Waals surface area contributed by atoms with Gasteiger partial charge in [-0.1, -0.05) is 60.7 Å². The Balaban J connectivity index is 0.990. The average molecular weight is 606 g/mol. The summed E-state index contributed by atoms with van der Waals surface area (Å²) in [4.78, 5) is 0. The van der Waals surface area contributed by atoms with Gasteiger partial charge in [0.25, 0.3) is 0 Å². The number of phenolic OH excluding ortho intramolecular Hbond substituents is 1. The monoisotopic (exact) mass is 605 g/mol. The Morgan fingerprint density at radius 2 is 1.87 bits per heavy atom. The second-order valence-corrected chi connectivity index (χ2v) is 13.9. The van der Waals surface area contributed by atoms with Gasteiger partial charge in [0.1, 0.15) is 23.8 Å². The number of ether oxygens (including phenoxy) is 3. The number of nitrogens with zero attached hydrogens (tertiary/aromatic N) is 3. The average Bonchev–Trinajstić information content (AvgIpc) is 3.80. The molecule has 3 fully saturated rings. The molecule has 3 aromatic carbocycles. The van der Waals surface area contributed by atoms with Gasteiger partial charge in [0.2, 0.25) is 0 Å². The molecule has 1 N–H and O–H groups in total. The van der Waals surface area contributed by atoms with Gasteiger partial charge < -0.3 is 19.3 Å². The van der Waals surface area contributed by atoms with E-state index in [1.54, 1.807) is 12.1 Å². The molecule has 3 aliphatic carbocycles. The molecule has 1 saturated heterocycles. The van der Waals surface area contributed by atoms with E-state index in [2.05, 4.69) is 59.7 Å². The normalized spacial score (nSPS) is 28.0. The summed E-state index contributed by atoms with van der Waals surface area (Å²) in [6.45, 7) is 5.31. The molecule has 2 heterocycles. The van der Waals surface area contributed by atoms with E-state index >= 15 is 0 Å². The third-order valence-electron chi connectivity index (χ3n) is 11.5. The molecule has 1 aromatic heterocycles. The van der Waals surface area contributed by atoms with Gasteiger partial charge in [0.05, 0.1) is 19.4 Å². The molecule has 0 bridgehead atoms. The standard InChI is InChI=1S/C38H43N3O4/c1-37-17-16-33-32-15-13-31(43-25-26-7-3-2-4-8-26)22-27(32)12-14-34(33)36(37)29(23-38(37)44-19-20-45-38)10-6-18-41-24-35(39-40-41)28-9-5-11-30(42)21-28/h2-5,7-9,11,13,15,21-22,24,29,33-34,36,42H,6,10,12,14,16-20,23,25H2,1H3. The molecule has 0 radical (unpaired) electrons. The highest BCUT2D eigenvalue weighted by molar-refractivity contribution is 5.59. The highest BCUT2D eigenvalue weighted by Crippen LogP contribution is 2.68.